The van der Waals surface area contributed by atoms with Crippen molar-refractivity contribution in [2.24, 2.45) is 5.10 Å². The largest absolute Gasteiger partial charge is 0.497 e. The second-order valence-corrected chi connectivity index (χ2v) is 12.0. The zero-order valence-electron chi connectivity index (χ0n) is 24.4. The van der Waals surface area contributed by atoms with Crippen molar-refractivity contribution in [1.82, 2.24) is 5.43 Å². The Hall–Kier alpha value is -4.58. The van der Waals surface area contributed by atoms with Crippen LogP contribution in [0.25, 0.3) is 0 Å². The quantitative estimate of drug-likeness (QED) is 0.188. The number of rotatable bonds is 12. The Balaban J connectivity index is 1.74. The van der Waals surface area contributed by atoms with Crippen molar-refractivity contribution >= 4 is 33.8 Å². The number of benzene rings is 3. The smallest absolute Gasteiger partial charge is 0.344 e. The number of nitrogens with one attached hydrogen (secondary N) is 1. The van der Waals surface area contributed by atoms with Crippen LogP contribution in [0.2, 0.25) is 0 Å². The van der Waals surface area contributed by atoms with Gasteiger partial charge in [-0.15, -0.1) is 0 Å². The molecule has 0 spiro atoms. The molecular formula is C30H35N3O8S. The summed E-state index contributed by atoms with van der Waals surface area (Å²) < 4.78 is 49.7. The number of carbonyl (C=O) groups excluding carboxylic acids is 2. The van der Waals surface area contributed by atoms with E-state index in [-0.39, 0.29) is 22.9 Å². The van der Waals surface area contributed by atoms with Crippen molar-refractivity contribution in [2.75, 3.05) is 31.7 Å². The van der Waals surface area contributed by atoms with Crippen LogP contribution in [0.5, 0.6) is 17.2 Å². The number of carbonyl (C=O) groups is 2. The molecule has 1 N–H and O–H groups in total. The zero-order chi connectivity index (χ0) is 30.9. The highest BCUT2D eigenvalue weighted by atomic mass is 32.2. The second-order valence-electron chi connectivity index (χ2n) is 10.1. The van der Waals surface area contributed by atoms with E-state index in [4.69, 9.17) is 18.9 Å². The summed E-state index contributed by atoms with van der Waals surface area (Å²) in [6.45, 7) is 6.33. The summed E-state index contributed by atoms with van der Waals surface area (Å²) in [5.41, 5.74) is 3.39. The molecule has 0 aliphatic heterocycles. The highest BCUT2D eigenvalue weighted by Crippen LogP contribution is 2.35. The van der Waals surface area contributed by atoms with Crippen molar-refractivity contribution in [3.05, 3.63) is 77.9 Å². The maximum absolute atomic E-state index is 13.7. The van der Waals surface area contributed by atoms with E-state index in [0.717, 1.165) is 9.87 Å². The van der Waals surface area contributed by atoms with Crippen LogP contribution in [0, 0.1) is 6.92 Å². The second kappa shape index (κ2) is 13.9. The van der Waals surface area contributed by atoms with Gasteiger partial charge in [-0.1, -0.05) is 17.7 Å². The summed E-state index contributed by atoms with van der Waals surface area (Å²) >= 11 is 0. The number of hydrazone groups is 1. The monoisotopic (exact) mass is 597 g/mol. The molecule has 0 saturated carbocycles. The van der Waals surface area contributed by atoms with Crippen LogP contribution in [0.15, 0.2) is 76.7 Å². The molecule has 0 aromatic heterocycles. The topological polar surface area (TPSA) is 133 Å². The van der Waals surface area contributed by atoms with E-state index in [9.17, 15) is 18.0 Å². The Kier molecular flexibility index (Phi) is 10.5. The van der Waals surface area contributed by atoms with Gasteiger partial charge in [0.1, 0.15) is 29.4 Å². The highest BCUT2D eigenvalue weighted by molar-refractivity contribution is 7.92. The van der Waals surface area contributed by atoms with E-state index in [1.807, 2.05) is 6.92 Å². The molecule has 0 bridgehead atoms. The SMILES string of the molecule is COc1ccc(OC)c(N(CC(=O)N/N=C\c2ccc(OCC(=O)OC(C)(C)C)cc2)S(=O)(=O)c2ccc(C)cc2)c1. The first kappa shape index (κ1) is 31.9. The van der Waals surface area contributed by atoms with Crippen LogP contribution in [-0.2, 0) is 24.3 Å². The normalized spacial score (nSPS) is 11.6. The summed E-state index contributed by atoms with van der Waals surface area (Å²) in [7, 11) is -1.34. The molecule has 0 unspecified atom stereocenters. The van der Waals surface area contributed by atoms with E-state index >= 15 is 0 Å². The fourth-order valence-corrected chi connectivity index (χ4v) is 5.06. The Labute approximate surface area is 246 Å². The molecule has 11 nitrogen and oxygen atoms in total. The fraction of sp³-hybridized carbons (Fsp3) is 0.300. The predicted molar refractivity (Wildman–Crippen MR) is 159 cm³/mol. The first-order valence-electron chi connectivity index (χ1n) is 12.9. The van der Waals surface area contributed by atoms with Gasteiger partial charge in [0.25, 0.3) is 15.9 Å². The van der Waals surface area contributed by atoms with Gasteiger partial charge >= 0.3 is 5.97 Å². The maximum atomic E-state index is 13.7. The van der Waals surface area contributed by atoms with Crippen molar-refractivity contribution in [1.29, 1.82) is 0 Å². The first-order chi connectivity index (χ1) is 19.8. The highest BCUT2D eigenvalue weighted by Gasteiger charge is 2.30. The minimum atomic E-state index is -4.19. The number of hydrogen-bond donors (Lipinski definition) is 1. The van der Waals surface area contributed by atoms with Crippen LogP contribution in [0.1, 0.15) is 31.9 Å². The third-order valence-corrected chi connectivity index (χ3v) is 7.38. The molecular weight excluding hydrogens is 562 g/mol. The van der Waals surface area contributed by atoms with E-state index in [1.165, 1.54) is 38.6 Å². The summed E-state index contributed by atoms with van der Waals surface area (Å²) in [6.07, 6.45) is 1.39. The van der Waals surface area contributed by atoms with Crippen LogP contribution in [0.3, 0.4) is 0 Å². The Morgan fingerprint density at radius 2 is 1.57 bits per heavy atom. The fourth-order valence-electron chi connectivity index (χ4n) is 3.64. The lowest BCUT2D eigenvalue weighted by Crippen LogP contribution is -2.39. The van der Waals surface area contributed by atoms with E-state index in [1.54, 1.807) is 69.3 Å². The molecule has 3 aromatic rings. The lowest BCUT2D eigenvalue weighted by Gasteiger charge is -2.25. The van der Waals surface area contributed by atoms with Crippen LogP contribution in [0.4, 0.5) is 5.69 Å². The van der Waals surface area contributed by atoms with Gasteiger partial charge in [0.15, 0.2) is 6.61 Å². The summed E-state index contributed by atoms with van der Waals surface area (Å²) in [6, 6.07) is 17.6. The zero-order valence-corrected chi connectivity index (χ0v) is 25.2. The number of nitrogens with zero attached hydrogens (tertiary/aromatic N) is 2. The van der Waals surface area contributed by atoms with Gasteiger partial charge in [0, 0.05) is 6.07 Å². The Morgan fingerprint density at radius 1 is 0.929 bits per heavy atom. The average molecular weight is 598 g/mol. The van der Waals surface area contributed by atoms with Crippen molar-refractivity contribution in [3.8, 4) is 17.2 Å². The molecule has 12 heteroatoms. The first-order valence-corrected chi connectivity index (χ1v) is 14.3. The molecule has 0 aliphatic rings. The summed E-state index contributed by atoms with van der Waals surface area (Å²) in [4.78, 5) is 24.8. The predicted octanol–water partition coefficient (Wildman–Crippen LogP) is 4.08. The van der Waals surface area contributed by atoms with Crippen molar-refractivity contribution in [2.45, 2.75) is 38.2 Å². The molecule has 0 atom stereocenters. The van der Waals surface area contributed by atoms with E-state index < -0.39 is 34.0 Å². The number of sulfonamides is 1. The third-order valence-electron chi connectivity index (χ3n) is 5.61. The molecule has 224 valence electrons. The van der Waals surface area contributed by atoms with Gasteiger partial charge in [-0.2, -0.15) is 5.10 Å². The van der Waals surface area contributed by atoms with Crippen molar-refractivity contribution in [3.63, 3.8) is 0 Å². The van der Waals surface area contributed by atoms with E-state index in [0.29, 0.717) is 17.1 Å². The lowest BCUT2D eigenvalue weighted by atomic mass is 10.2. The van der Waals surface area contributed by atoms with Gasteiger partial charge in [-0.25, -0.2) is 18.6 Å². The van der Waals surface area contributed by atoms with Crippen LogP contribution < -0.4 is 23.9 Å². The number of anilines is 1. The van der Waals surface area contributed by atoms with Crippen molar-refractivity contribution < 1.29 is 37.0 Å². The van der Waals surface area contributed by atoms with Gasteiger partial charge in [0.05, 0.1) is 31.0 Å². The average Bonchev–Trinajstić information content (AvgIpc) is 2.94. The summed E-state index contributed by atoms with van der Waals surface area (Å²) in [5.74, 6) is -0.111. The number of hydrogen-bond acceptors (Lipinski definition) is 9. The number of methoxy groups -OCH3 is 2. The molecule has 42 heavy (non-hydrogen) atoms. The molecule has 0 aliphatic carbocycles. The van der Waals surface area contributed by atoms with Crippen LogP contribution in [-0.4, -0.2) is 59.5 Å². The minimum absolute atomic E-state index is 0.00301. The molecule has 0 fully saturated rings. The van der Waals surface area contributed by atoms with Crippen LogP contribution >= 0.6 is 0 Å². The molecule has 3 aromatic carbocycles. The molecule has 0 saturated heterocycles. The standard InChI is InChI=1S/C30H35N3O8S/c1-21-7-14-25(15-8-21)42(36,37)33(26-17-24(38-5)13-16-27(26)39-6)19-28(34)32-31-18-22-9-11-23(12-10-22)40-20-29(35)41-30(2,3)4/h7-18H,19-20H2,1-6H3,(H,32,34)/b31-18-. The number of amides is 1. The molecule has 0 radical (unpaired) electrons. The number of esters is 1. The number of ether oxygens (including phenoxy) is 4. The maximum Gasteiger partial charge on any atom is 0.344 e. The third kappa shape index (κ3) is 8.96. The molecule has 3 rings (SSSR count). The lowest BCUT2D eigenvalue weighted by molar-refractivity contribution is -0.157. The number of aryl methyl sites for hydroxylation is 1. The Bertz CT molecular complexity index is 1510. The minimum Gasteiger partial charge on any atom is -0.497 e. The Morgan fingerprint density at radius 3 is 2.17 bits per heavy atom. The van der Waals surface area contributed by atoms with Gasteiger partial charge in [-0.05, 0) is 81.8 Å². The van der Waals surface area contributed by atoms with E-state index in [2.05, 4.69) is 10.5 Å². The molecule has 1 amide bonds. The van der Waals surface area contributed by atoms with Gasteiger partial charge in [0.2, 0.25) is 0 Å². The van der Waals surface area contributed by atoms with Gasteiger partial charge in [-0.3, -0.25) is 9.10 Å². The van der Waals surface area contributed by atoms with Gasteiger partial charge < -0.3 is 18.9 Å². The molecule has 0 heterocycles. The summed E-state index contributed by atoms with van der Waals surface area (Å²) in [5, 5.41) is 3.96.